The molecule has 1 amide bonds. The fourth-order valence-corrected chi connectivity index (χ4v) is 2.61. The van der Waals surface area contributed by atoms with Crippen LogP contribution in [0.15, 0.2) is 0 Å². The van der Waals surface area contributed by atoms with Crippen molar-refractivity contribution in [3.05, 3.63) is 0 Å². The fraction of sp³-hybridized carbons (Fsp3) is 0.909. The fourth-order valence-electron chi connectivity index (χ4n) is 2.07. The van der Waals surface area contributed by atoms with E-state index >= 15 is 0 Å². The lowest BCUT2D eigenvalue weighted by atomic mass is 9.98. The van der Waals surface area contributed by atoms with Crippen molar-refractivity contribution >= 4 is 15.9 Å². The molecule has 124 valence electrons. The molecule has 21 heavy (non-hydrogen) atoms. The van der Waals surface area contributed by atoms with E-state index in [1.54, 1.807) is 0 Å². The van der Waals surface area contributed by atoms with Gasteiger partial charge in [-0.1, -0.05) is 0 Å². The number of halogens is 3. The summed E-state index contributed by atoms with van der Waals surface area (Å²) >= 11 is 0. The minimum absolute atomic E-state index is 0.0416. The summed E-state index contributed by atoms with van der Waals surface area (Å²) in [7, 11) is -3.29. The number of carbonyl (C=O) groups is 1. The summed E-state index contributed by atoms with van der Waals surface area (Å²) in [4.78, 5) is 13.1. The first kappa shape index (κ1) is 18.2. The first-order valence-electron chi connectivity index (χ1n) is 6.44. The number of hydrogen-bond donors (Lipinski definition) is 1. The molecule has 1 fully saturated rings. The topological polar surface area (TPSA) is 75.7 Å². The second-order valence-corrected chi connectivity index (χ2v) is 6.91. The predicted octanol–water partition coefficient (Wildman–Crippen LogP) is 0.353. The Bertz CT molecular complexity index is 453. The van der Waals surface area contributed by atoms with E-state index in [4.69, 9.17) is 0 Å². The highest BCUT2D eigenvalue weighted by molar-refractivity contribution is 7.88. The number of nitrogens with one attached hydrogen (secondary N) is 1. The molecule has 10 heteroatoms. The number of rotatable bonds is 6. The molecule has 0 unspecified atom stereocenters. The summed E-state index contributed by atoms with van der Waals surface area (Å²) in [5, 5.41) is 0. The molecule has 1 rings (SSSR count). The van der Waals surface area contributed by atoms with Gasteiger partial charge in [0.25, 0.3) is 0 Å². The Morgan fingerprint density at radius 1 is 1.43 bits per heavy atom. The minimum Gasteiger partial charge on any atom is -0.362 e. The molecule has 0 saturated carbocycles. The number of carbonyl (C=O) groups excluding carboxylic acids is 1. The maximum atomic E-state index is 11.9. The third-order valence-electron chi connectivity index (χ3n) is 3.00. The molecule has 6 nitrogen and oxygen atoms in total. The molecule has 1 N–H and O–H groups in total. The van der Waals surface area contributed by atoms with Crippen LogP contribution in [0.5, 0.6) is 0 Å². The third-order valence-corrected chi connectivity index (χ3v) is 3.69. The molecular formula is C11H19F3N2O4S. The van der Waals surface area contributed by atoms with Crippen LogP contribution in [0.4, 0.5) is 13.2 Å². The van der Waals surface area contributed by atoms with Gasteiger partial charge in [-0.2, -0.15) is 13.2 Å². The number of alkyl halides is 3. The molecule has 0 aromatic carbocycles. The van der Waals surface area contributed by atoms with Crippen LogP contribution in [0.1, 0.15) is 12.8 Å². The van der Waals surface area contributed by atoms with E-state index in [1.165, 1.54) is 4.90 Å². The van der Waals surface area contributed by atoms with E-state index in [0.717, 1.165) is 12.7 Å². The van der Waals surface area contributed by atoms with Crippen LogP contribution < -0.4 is 4.72 Å². The van der Waals surface area contributed by atoms with Crippen LogP contribution in [-0.4, -0.2) is 64.5 Å². The molecule has 1 atom stereocenters. The van der Waals surface area contributed by atoms with Gasteiger partial charge in [0, 0.05) is 19.6 Å². The molecular weight excluding hydrogens is 313 g/mol. The highest BCUT2D eigenvalue weighted by atomic mass is 32.2. The quantitative estimate of drug-likeness (QED) is 0.762. The normalized spacial score (nSPS) is 20.6. The van der Waals surface area contributed by atoms with Crippen molar-refractivity contribution in [1.82, 2.24) is 9.62 Å². The van der Waals surface area contributed by atoms with Crippen molar-refractivity contribution in [2.24, 2.45) is 5.92 Å². The van der Waals surface area contributed by atoms with E-state index in [9.17, 15) is 26.4 Å². The van der Waals surface area contributed by atoms with Gasteiger partial charge >= 0.3 is 6.18 Å². The van der Waals surface area contributed by atoms with Gasteiger partial charge < -0.3 is 9.64 Å². The van der Waals surface area contributed by atoms with Gasteiger partial charge in [0.2, 0.25) is 15.9 Å². The molecule has 0 aliphatic carbocycles. The summed E-state index contributed by atoms with van der Waals surface area (Å²) in [6, 6.07) is 0. The maximum absolute atomic E-state index is 11.9. The van der Waals surface area contributed by atoms with Crippen LogP contribution in [0.2, 0.25) is 0 Å². The average Bonchev–Trinajstić information content (AvgIpc) is 2.34. The minimum atomic E-state index is -4.45. The van der Waals surface area contributed by atoms with Crippen molar-refractivity contribution < 1.29 is 31.1 Å². The Balaban J connectivity index is 2.36. The molecule has 0 aromatic heterocycles. The second kappa shape index (κ2) is 7.41. The highest BCUT2D eigenvalue weighted by Gasteiger charge is 2.29. The predicted molar refractivity (Wildman–Crippen MR) is 69.0 cm³/mol. The molecule has 0 aromatic rings. The van der Waals surface area contributed by atoms with Crippen LogP contribution in [0.3, 0.4) is 0 Å². The Labute approximate surface area is 121 Å². The SMILES string of the molecule is CS(=O)(=O)NC[C@@H]1CCCN(C(=O)COCC(F)(F)F)C1. The number of amides is 1. The first-order valence-corrected chi connectivity index (χ1v) is 8.33. The monoisotopic (exact) mass is 332 g/mol. The lowest BCUT2D eigenvalue weighted by Crippen LogP contribution is -2.45. The molecule has 0 spiro atoms. The standard InChI is InChI=1S/C11H19F3N2O4S/c1-21(18,19)15-5-9-3-2-4-16(6-9)10(17)7-20-8-11(12,13)14/h9,15H,2-8H2,1H3/t9-/m0/s1. The van der Waals surface area contributed by atoms with E-state index in [1.807, 2.05) is 0 Å². The van der Waals surface area contributed by atoms with Gasteiger partial charge in [0.05, 0.1) is 6.26 Å². The van der Waals surface area contributed by atoms with E-state index in [2.05, 4.69) is 9.46 Å². The molecule has 1 saturated heterocycles. The van der Waals surface area contributed by atoms with Crippen LogP contribution in [-0.2, 0) is 19.6 Å². The van der Waals surface area contributed by atoms with Gasteiger partial charge in [-0.15, -0.1) is 0 Å². The van der Waals surface area contributed by atoms with Crippen LogP contribution in [0.25, 0.3) is 0 Å². The Morgan fingerprint density at radius 2 is 2.10 bits per heavy atom. The molecule has 1 aliphatic heterocycles. The van der Waals surface area contributed by atoms with E-state index in [-0.39, 0.29) is 12.5 Å². The lowest BCUT2D eigenvalue weighted by Gasteiger charge is -2.32. The molecule has 1 aliphatic rings. The van der Waals surface area contributed by atoms with Crippen molar-refractivity contribution in [3.8, 4) is 0 Å². The van der Waals surface area contributed by atoms with Crippen molar-refractivity contribution in [2.75, 3.05) is 39.1 Å². The van der Waals surface area contributed by atoms with Crippen molar-refractivity contribution in [1.29, 1.82) is 0 Å². The van der Waals surface area contributed by atoms with Crippen LogP contribution in [0, 0.1) is 5.92 Å². The number of sulfonamides is 1. The Morgan fingerprint density at radius 3 is 2.67 bits per heavy atom. The number of piperidine rings is 1. The smallest absolute Gasteiger partial charge is 0.362 e. The first-order chi connectivity index (χ1) is 9.57. The van der Waals surface area contributed by atoms with Gasteiger partial charge in [0.15, 0.2) is 0 Å². The van der Waals surface area contributed by atoms with Crippen LogP contribution >= 0.6 is 0 Å². The van der Waals surface area contributed by atoms with Gasteiger partial charge in [0.1, 0.15) is 13.2 Å². The van der Waals surface area contributed by atoms with Gasteiger partial charge in [-0.05, 0) is 18.8 Å². The number of likely N-dealkylation sites (tertiary alicyclic amines) is 1. The average molecular weight is 332 g/mol. The highest BCUT2D eigenvalue weighted by Crippen LogP contribution is 2.17. The summed E-state index contributed by atoms with van der Waals surface area (Å²) in [6.07, 6.45) is -1.97. The maximum Gasteiger partial charge on any atom is 0.411 e. The summed E-state index contributed by atoms with van der Waals surface area (Å²) < 4.78 is 64.4. The number of hydrogen-bond acceptors (Lipinski definition) is 4. The molecule has 0 bridgehead atoms. The summed E-state index contributed by atoms with van der Waals surface area (Å²) in [5.74, 6) is -0.552. The Kier molecular flexibility index (Phi) is 6.41. The molecule has 1 heterocycles. The zero-order valence-corrected chi connectivity index (χ0v) is 12.5. The van der Waals surface area contributed by atoms with E-state index < -0.39 is 35.3 Å². The zero-order chi connectivity index (χ0) is 16.1. The largest absolute Gasteiger partial charge is 0.411 e. The summed E-state index contributed by atoms with van der Waals surface area (Å²) in [5.41, 5.74) is 0. The van der Waals surface area contributed by atoms with E-state index in [0.29, 0.717) is 19.5 Å². The van der Waals surface area contributed by atoms with Gasteiger partial charge in [-0.25, -0.2) is 13.1 Å². The number of ether oxygens (including phenoxy) is 1. The van der Waals surface area contributed by atoms with Gasteiger partial charge in [-0.3, -0.25) is 4.79 Å². The van der Waals surface area contributed by atoms with Crippen molar-refractivity contribution in [3.63, 3.8) is 0 Å². The summed E-state index contributed by atoms with van der Waals surface area (Å²) in [6.45, 7) is -1.09. The third kappa shape index (κ3) is 8.22. The van der Waals surface area contributed by atoms with Crippen molar-refractivity contribution in [2.45, 2.75) is 19.0 Å². The second-order valence-electron chi connectivity index (χ2n) is 5.08. The lowest BCUT2D eigenvalue weighted by molar-refractivity contribution is -0.178. The molecule has 0 radical (unpaired) electrons. The zero-order valence-electron chi connectivity index (χ0n) is 11.6. The Hall–Kier alpha value is -0.870. The number of nitrogens with zero attached hydrogens (tertiary/aromatic N) is 1.